The van der Waals surface area contributed by atoms with Crippen LogP contribution in [-0.4, -0.2) is 49.4 Å². The number of thioether (sulfide) groups is 1. The van der Waals surface area contributed by atoms with E-state index in [9.17, 15) is 13.2 Å². The molecule has 2 aliphatic heterocycles. The van der Waals surface area contributed by atoms with Crippen molar-refractivity contribution in [1.82, 2.24) is 0 Å². The zero-order chi connectivity index (χ0) is 21.1. The number of methoxy groups -OCH3 is 1. The van der Waals surface area contributed by atoms with Gasteiger partial charge in [-0.1, -0.05) is 54.2 Å². The van der Waals surface area contributed by atoms with Crippen LogP contribution in [-0.2, 0) is 21.1 Å². The number of benzene rings is 2. The Kier molecular flexibility index (Phi) is 6.15. The Morgan fingerprint density at radius 2 is 1.87 bits per heavy atom. The minimum absolute atomic E-state index is 0.0595. The van der Waals surface area contributed by atoms with Gasteiger partial charge in [-0.25, -0.2) is 8.42 Å². The van der Waals surface area contributed by atoms with Gasteiger partial charge in [-0.2, -0.15) is 4.99 Å². The lowest BCUT2D eigenvalue weighted by atomic mass is 10.1. The van der Waals surface area contributed by atoms with E-state index in [-0.39, 0.29) is 28.7 Å². The maximum atomic E-state index is 12.6. The summed E-state index contributed by atoms with van der Waals surface area (Å²) in [6, 6.07) is 17.3. The number of hydrogen-bond donors (Lipinski definition) is 0. The Bertz CT molecular complexity index is 1050. The molecule has 0 bridgehead atoms. The monoisotopic (exact) mass is 444 g/mol. The van der Waals surface area contributed by atoms with E-state index in [1.165, 1.54) is 17.3 Å². The number of rotatable bonds is 6. The van der Waals surface area contributed by atoms with Gasteiger partial charge in [0.05, 0.1) is 30.3 Å². The van der Waals surface area contributed by atoms with Crippen LogP contribution in [0.5, 0.6) is 5.75 Å². The summed E-state index contributed by atoms with van der Waals surface area (Å²) in [5, 5.41) is 0.435. The third-order valence-corrected chi connectivity index (χ3v) is 8.54. The number of aliphatic imine (C=N–C) groups is 1. The normalized spacial score (nSPS) is 23.5. The summed E-state index contributed by atoms with van der Waals surface area (Å²) in [4.78, 5) is 18.9. The molecule has 8 heteroatoms. The molecule has 2 aromatic carbocycles. The molecule has 0 unspecified atom stereocenters. The number of para-hydroxylation sites is 2. The number of aryl methyl sites for hydroxylation is 1. The Morgan fingerprint density at radius 1 is 1.13 bits per heavy atom. The van der Waals surface area contributed by atoms with E-state index in [4.69, 9.17) is 4.74 Å². The van der Waals surface area contributed by atoms with Gasteiger partial charge in [0.1, 0.15) is 5.75 Å². The standard InChI is InChI=1S/C22H24N2O4S2/c1-28-19-12-6-5-11-17(19)24-18-14-30(26,27)15-20(18)29-22(24)23-21(25)13-7-10-16-8-3-2-4-9-16/h2-6,8-9,11-12,18,20H,7,10,13-15H2,1H3/t18-,20+/m0/s1. The molecule has 0 N–H and O–H groups in total. The topological polar surface area (TPSA) is 76.0 Å². The molecule has 30 heavy (non-hydrogen) atoms. The number of carbonyl (C=O) groups is 1. The van der Waals surface area contributed by atoms with E-state index in [1.54, 1.807) is 7.11 Å². The third-order valence-electron chi connectivity index (χ3n) is 5.33. The van der Waals surface area contributed by atoms with Crippen molar-refractivity contribution in [3.63, 3.8) is 0 Å². The van der Waals surface area contributed by atoms with E-state index in [0.29, 0.717) is 17.3 Å². The van der Waals surface area contributed by atoms with Crippen molar-refractivity contribution in [1.29, 1.82) is 0 Å². The van der Waals surface area contributed by atoms with Crippen molar-refractivity contribution in [2.75, 3.05) is 23.5 Å². The van der Waals surface area contributed by atoms with Crippen molar-refractivity contribution in [2.45, 2.75) is 30.6 Å². The van der Waals surface area contributed by atoms with Crippen molar-refractivity contribution in [3.8, 4) is 5.75 Å². The molecule has 2 fully saturated rings. The number of nitrogens with zero attached hydrogens (tertiary/aromatic N) is 2. The minimum Gasteiger partial charge on any atom is -0.495 e. The third kappa shape index (κ3) is 4.54. The molecule has 2 aromatic rings. The predicted octanol–water partition coefficient (Wildman–Crippen LogP) is 3.32. The van der Waals surface area contributed by atoms with Crippen LogP contribution in [0.25, 0.3) is 0 Å². The smallest absolute Gasteiger partial charge is 0.248 e. The molecule has 6 nitrogen and oxygen atoms in total. The number of hydrogen-bond acceptors (Lipinski definition) is 5. The highest BCUT2D eigenvalue weighted by Crippen LogP contribution is 2.43. The zero-order valence-corrected chi connectivity index (χ0v) is 18.4. The van der Waals surface area contributed by atoms with E-state index >= 15 is 0 Å². The molecule has 0 spiro atoms. The van der Waals surface area contributed by atoms with Gasteiger partial charge in [0.25, 0.3) is 0 Å². The van der Waals surface area contributed by atoms with Crippen molar-refractivity contribution in [3.05, 3.63) is 60.2 Å². The fourth-order valence-electron chi connectivity index (χ4n) is 3.93. The largest absolute Gasteiger partial charge is 0.495 e. The summed E-state index contributed by atoms with van der Waals surface area (Å²) >= 11 is 1.38. The fraction of sp³-hybridized carbons (Fsp3) is 0.364. The maximum Gasteiger partial charge on any atom is 0.248 e. The minimum atomic E-state index is -3.11. The number of sulfone groups is 1. The summed E-state index contributed by atoms with van der Waals surface area (Å²) < 4.78 is 29.9. The molecule has 2 heterocycles. The summed E-state index contributed by atoms with van der Waals surface area (Å²) in [5.41, 5.74) is 1.94. The van der Waals surface area contributed by atoms with Crippen LogP contribution in [0, 0.1) is 0 Å². The molecule has 0 radical (unpaired) electrons. The molecule has 0 aromatic heterocycles. The molecule has 1 amide bonds. The summed E-state index contributed by atoms with van der Waals surface area (Å²) in [5.74, 6) is 0.613. The second-order valence-corrected chi connectivity index (χ2v) is 10.8. The van der Waals surface area contributed by atoms with Gasteiger partial charge in [0.2, 0.25) is 5.91 Å². The summed E-state index contributed by atoms with van der Waals surface area (Å²) in [6.07, 6.45) is 1.90. The predicted molar refractivity (Wildman–Crippen MR) is 121 cm³/mol. The van der Waals surface area contributed by atoms with E-state index < -0.39 is 9.84 Å². The first-order chi connectivity index (χ1) is 14.5. The molecule has 2 aliphatic rings. The first-order valence-corrected chi connectivity index (χ1v) is 12.6. The molecule has 0 saturated carbocycles. The Labute approximate surface area is 181 Å². The van der Waals surface area contributed by atoms with Gasteiger partial charge in [-0.15, -0.1) is 0 Å². The van der Waals surface area contributed by atoms with Crippen LogP contribution in [0.15, 0.2) is 59.6 Å². The van der Waals surface area contributed by atoms with E-state index in [0.717, 1.165) is 18.5 Å². The van der Waals surface area contributed by atoms with Gasteiger partial charge < -0.3 is 9.64 Å². The molecule has 4 rings (SSSR count). The molecule has 0 aliphatic carbocycles. The van der Waals surface area contributed by atoms with Crippen LogP contribution in [0.4, 0.5) is 5.69 Å². The number of ether oxygens (including phenoxy) is 1. The van der Waals surface area contributed by atoms with Gasteiger partial charge in [-0.05, 0) is 30.5 Å². The highest BCUT2D eigenvalue weighted by molar-refractivity contribution is 8.16. The van der Waals surface area contributed by atoms with Gasteiger partial charge in [0.15, 0.2) is 15.0 Å². The average molecular weight is 445 g/mol. The second-order valence-electron chi connectivity index (χ2n) is 7.47. The highest BCUT2D eigenvalue weighted by Gasteiger charge is 2.49. The first-order valence-electron chi connectivity index (χ1n) is 9.91. The van der Waals surface area contributed by atoms with Crippen LogP contribution < -0.4 is 9.64 Å². The summed E-state index contributed by atoms with van der Waals surface area (Å²) in [7, 11) is -1.53. The second kappa shape index (κ2) is 8.81. The SMILES string of the molecule is COc1ccccc1N1C(=NC(=O)CCCc2ccccc2)S[C@@H]2CS(=O)(=O)C[C@@H]21. The average Bonchev–Trinajstić information content (AvgIpc) is 3.19. The molecular formula is C22H24N2O4S2. The number of fused-ring (bicyclic) bond motifs is 1. The lowest BCUT2D eigenvalue weighted by molar-refractivity contribution is -0.117. The summed E-state index contributed by atoms with van der Waals surface area (Å²) in [6.45, 7) is 0. The Morgan fingerprint density at radius 3 is 2.63 bits per heavy atom. The maximum absolute atomic E-state index is 12.6. The Balaban J connectivity index is 1.54. The molecule has 2 saturated heterocycles. The molecule has 158 valence electrons. The van der Waals surface area contributed by atoms with Gasteiger partial charge in [0, 0.05) is 11.7 Å². The van der Waals surface area contributed by atoms with Crippen LogP contribution in [0.3, 0.4) is 0 Å². The van der Waals surface area contributed by atoms with Crippen molar-refractivity contribution >= 4 is 38.4 Å². The zero-order valence-electron chi connectivity index (χ0n) is 16.7. The fourth-order valence-corrected chi connectivity index (χ4v) is 7.85. The van der Waals surface area contributed by atoms with Gasteiger partial charge >= 0.3 is 0 Å². The lowest BCUT2D eigenvalue weighted by Gasteiger charge is -2.26. The number of anilines is 1. The van der Waals surface area contributed by atoms with Crippen molar-refractivity contribution in [2.24, 2.45) is 4.99 Å². The lowest BCUT2D eigenvalue weighted by Crippen LogP contribution is -2.38. The quantitative estimate of drug-likeness (QED) is 0.680. The first kappa shape index (κ1) is 20.9. The van der Waals surface area contributed by atoms with E-state index in [2.05, 4.69) is 4.99 Å². The molecule has 2 atom stereocenters. The van der Waals surface area contributed by atoms with Crippen molar-refractivity contribution < 1.29 is 17.9 Å². The van der Waals surface area contributed by atoms with Crippen LogP contribution in [0.1, 0.15) is 18.4 Å². The number of amides is 1. The number of carbonyl (C=O) groups excluding carboxylic acids is 1. The van der Waals surface area contributed by atoms with Gasteiger partial charge in [-0.3, -0.25) is 4.79 Å². The highest BCUT2D eigenvalue weighted by atomic mass is 32.2. The molecular weight excluding hydrogens is 420 g/mol. The Hall–Kier alpha value is -2.32. The number of amidine groups is 1. The van der Waals surface area contributed by atoms with Crippen LogP contribution in [0.2, 0.25) is 0 Å². The van der Waals surface area contributed by atoms with Crippen LogP contribution >= 0.6 is 11.8 Å². The van der Waals surface area contributed by atoms with E-state index in [1.807, 2.05) is 59.5 Å².